The molecule has 2 atom stereocenters. The lowest BCUT2D eigenvalue weighted by Gasteiger charge is -2.44. The van der Waals surface area contributed by atoms with Crippen molar-refractivity contribution in [2.24, 2.45) is 17.1 Å². The molecular weight excluding hydrogens is 606 g/mol. The maximum atomic E-state index is 12.2. The quantitative estimate of drug-likeness (QED) is 0.195. The second-order valence-electron chi connectivity index (χ2n) is 13.4. The number of hydrogen-bond acceptors (Lipinski definition) is 9. The van der Waals surface area contributed by atoms with Crippen molar-refractivity contribution < 1.29 is 20.1 Å². The minimum Gasteiger partial charge on any atom is -0.465 e. The first kappa shape index (κ1) is 41.3. The summed E-state index contributed by atoms with van der Waals surface area (Å²) in [4.78, 5) is 24.2. The number of carboxylic acid groups (broad SMARTS) is 1. The molecule has 1 aromatic carbocycles. The lowest BCUT2D eigenvalue weighted by atomic mass is 9.67. The summed E-state index contributed by atoms with van der Waals surface area (Å²) in [6.07, 6.45) is 10.6. The van der Waals surface area contributed by atoms with Gasteiger partial charge < -0.3 is 26.0 Å². The fourth-order valence-electron chi connectivity index (χ4n) is 5.22. The van der Waals surface area contributed by atoms with Crippen molar-refractivity contribution in [3.63, 3.8) is 0 Å². The van der Waals surface area contributed by atoms with Gasteiger partial charge in [0.1, 0.15) is 5.60 Å². The van der Waals surface area contributed by atoms with E-state index in [0.29, 0.717) is 24.3 Å². The zero-order chi connectivity index (χ0) is 36.9. The molecule has 0 bridgehead atoms. The topological polar surface area (TPSA) is 184 Å². The van der Waals surface area contributed by atoms with Crippen LogP contribution in [-0.4, -0.2) is 50.1 Å². The van der Waals surface area contributed by atoms with Crippen LogP contribution in [0.3, 0.4) is 0 Å². The molecule has 0 aliphatic heterocycles. The van der Waals surface area contributed by atoms with Crippen molar-refractivity contribution in [3.05, 3.63) is 83.6 Å². The molecule has 260 valence electrons. The smallest absolute Gasteiger partial charge is 0.413 e. The maximum absolute atomic E-state index is 12.2. The Bertz CT molecular complexity index is 1490. The average Bonchev–Trinajstić information content (AvgIpc) is 3.03. The van der Waals surface area contributed by atoms with E-state index >= 15 is 0 Å². The molecule has 1 unspecified atom stereocenters. The van der Waals surface area contributed by atoms with Gasteiger partial charge in [-0.15, -0.1) is 0 Å². The van der Waals surface area contributed by atoms with Gasteiger partial charge in [0.25, 0.3) is 0 Å². The molecule has 5 N–H and O–H groups in total. The van der Waals surface area contributed by atoms with Crippen LogP contribution in [0.2, 0.25) is 0 Å². The van der Waals surface area contributed by atoms with Gasteiger partial charge in [-0.3, -0.25) is 9.88 Å². The second-order valence-corrected chi connectivity index (χ2v) is 13.4. The maximum Gasteiger partial charge on any atom is 0.413 e. The molecule has 0 spiro atoms. The molecule has 1 aromatic heterocycles. The Kier molecular flexibility index (Phi) is 15.5. The standard InChI is InChI=1S/C30H39N5O3.C6H13NO.CHN/c1-7-8-13-34(25-14-23(16-31)11-9-21(25)2)20-30(6)15-24(12-10-22(30)3)19-35(28(36)37)27-18-32-26(17-33-27)29(4,5)38;1-5(4-7)6(2,3)8;1-2/h8-9,11,13-14,17-18,24,38H,3,7,10,12,15,19-20H2,1-2,4-6H3,(H,36,37);4,8H,7H2,1-3H3;1H/b13-8-;5-4+;/t24?,30-;;/m0../s1. The Hall–Kier alpha value is -4.71. The molecule has 1 aliphatic carbocycles. The molecule has 11 nitrogen and oxygen atoms in total. The second kappa shape index (κ2) is 18.0. The van der Waals surface area contributed by atoms with Crippen LogP contribution in [0.1, 0.15) is 91.0 Å². The summed E-state index contributed by atoms with van der Waals surface area (Å²) in [6, 6.07) is 7.96. The predicted octanol–water partition coefficient (Wildman–Crippen LogP) is 6.92. The molecule has 3 rings (SSSR count). The number of aryl methyl sites for hydroxylation is 1. The monoisotopic (exact) mass is 659 g/mol. The third-order valence-corrected chi connectivity index (χ3v) is 8.56. The van der Waals surface area contributed by atoms with E-state index in [2.05, 4.69) is 60.2 Å². The van der Waals surface area contributed by atoms with Crippen molar-refractivity contribution in [3.8, 4) is 12.6 Å². The number of hydrogen-bond donors (Lipinski definition) is 4. The highest BCUT2D eigenvalue weighted by Crippen LogP contribution is 2.44. The highest BCUT2D eigenvalue weighted by atomic mass is 16.4. The van der Waals surface area contributed by atoms with Crippen LogP contribution < -0.4 is 15.5 Å². The van der Waals surface area contributed by atoms with Crippen LogP contribution in [-0.2, 0) is 5.60 Å². The minimum atomic E-state index is -1.16. The van der Waals surface area contributed by atoms with Crippen molar-refractivity contribution in [2.75, 3.05) is 22.9 Å². The summed E-state index contributed by atoms with van der Waals surface area (Å²) in [6.45, 7) is 23.6. The van der Waals surface area contributed by atoms with Gasteiger partial charge >= 0.3 is 6.09 Å². The lowest BCUT2D eigenvalue weighted by molar-refractivity contribution is 0.0734. The third kappa shape index (κ3) is 11.8. The first-order valence-corrected chi connectivity index (χ1v) is 15.9. The van der Waals surface area contributed by atoms with Gasteiger partial charge in [0.15, 0.2) is 5.82 Å². The number of aliphatic hydroxyl groups is 2. The van der Waals surface area contributed by atoms with E-state index in [9.17, 15) is 20.3 Å². The van der Waals surface area contributed by atoms with E-state index in [0.717, 1.165) is 48.1 Å². The number of benzene rings is 1. The number of carbonyl (C=O) groups is 1. The van der Waals surface area contributed by atoms with Crippen LogP contribution in [0.5, 0.6) is 0 Å². The molecule has 1 amide bonds. The molecule has 1 saturated carbocycles. The van der Waals surface area contributed by atoms with E-state index in [1.807, 2.05) is 25.1 Å². The Labute approximate surface area is 286 Å². The van der Waals surface area contributed by atoms with E-state index in [-0.39, 0.29) is 17.2 Å². The number of allylic oxidation sites excluding steroid dienone is 1. The Balaban J connectivity index is 0.00000101. The largest absolute Gasteiger partial charge is 0.465 e. The first-order chi connectivity index (χ1) is 22.4. The minimum absolute atomic E-state index is 0.0981. The van der Waals surface area contributed by atoms with Gasteiger partial charge in [-0.05, 0) is 103 Å². The fraction of sp³-hybridized carbons (Fsp3) is 0.486. The molecular formula is C37H53N7O4. The SMILES string of the molecule is C#N.C/C(=C\N)C(C)(C)O.C=C1CCC(CN(C(=O)O)c2cnc(C(C)(C)O)cn2)C[C@@]1(C)CN(/C=C\CC)c1cc(C#N)ccc1C. The number of nitrogens with two attached hydrogens (primary N) is 1. The molecule has 48 heavy (non-hydrogen) atoms. The van der Waals surface area contributed by atoms with E-state index in [1.165, 1.54) is 23.5 Å². The third-order valence-electron chi connectivity index (χ3n) is 8.56. The molecule has 2 aromatic rings. The summed E-state index contributed by atoms with van der Waals surface area (Å²) in [7, 11) is 0. The van der Waals surface area contributed by atoms with Gasteiger partial charge in [-0.2, -0.15) is 5.26 Å². The van der Waals surface area contributed by atoms with Crippen LogP contribution in [0.25, 0.3) is 0 Å². The number of nitriles is 2. The fourth-order valence-corrected chi connectivity index (χ4v) is 5.22. The summed E-state index contributed by atoms with van der Waals surface area (Å²) in [5.74, 6) is 0.342. The van der Waals surface area contributed by atoms with Crippen molar-refractivity contribution >= 4 is 17.6 Å². The zero-order valence-corrected chi connectivity index (χ0v) is 29.7. The van der Waals surface area contributed by atoms with E-state index < -0.39 is 17.3 Å². The number of amides is 1. The summed E-state index contributed by atoms with van der Waals surface area (Å²) in [5.41, 5.74) is 7.95. The van der Waals surface area contributed by atoms with Crippen molar-refractivity contribution in [1.82, 2.24) is 9.97 Å². The molecule has 11 heteroatoms. The highest BCUT2D eigenvalue weighted by Gasteiger charge is 2.38. The number of anilines is 2. The van der Waals surface area contributed by atoms with Crippen LogP contribution in [0, 0.1) is 41.4 Å². The van der Waals surface area contributed by atoms with Crippen LogP contribution in [0.15, 0.2) is 66.8 Å². The number of aromatic nitrogens is 2. The molecule has 0 radical (unpaired) electrons. The van der Waals surface area contributed by atoms with Gasteiger partial charge in [-0.1, -0.05) is 38.1 Å². The number of rotatable bonds is 10. The van der Waals surface area contributed by atoms with Gasteiger partial charge in [0.2, 0.25) is 0 Å². The Morgan fingerprint density at radius 1 is 1.23 bits per heavy atom. The predicted molar refractivity (Wildman–Crippen MR) is 191 cm³/mol. The highest BCUT2D eigenvalue weighted by molar-refractivity contribution is 5.84. The summed E-state index contributed by atoms with van der Waals surface area (Å²) >= 11 is 0. The van der Waals surface area contributed by atoms with Crippen LogP contribution >= 0.6 is 0 Å². The van der Waals surface area contributed by atoms with E-state index in [1.54, 1.807) is 34.6 Å². The number of nitrogens with zero attached hydrogens (tertiary/aromatic N) is 6. The molecule has 1 fully saturated rings. The van der Waals surface area contributed by atoms with Crippen molar-refractivity contribution in [2.45, 2.75) is 92.3 Å². The molecule has 1 heterocycles. The van der Waals surface area contributed by atoms with Gasteiger partial charge in [-0.25, -0.2) is 15.0 Å². The van der Waals surface area contributed by atoms with E-state index in [4.69, 9.17) is 16.1 Å². The molecule has 0 saturated heterocycles. The summed E-state index contributed by atoms with van der Waals surface area (Å²) in [5, 5.41) is 45.2. The van der Waals surface area contributed by atoms with Crippen LogP contribution in [0.4, 0.5) is 16.3 Å². The first-order valence-electron chi connectivity index (χ1n) is 15.9. The van der Waals surface area contributed by atoms with Gasteiger partial charge in [0.05, 0.1) is 35.3 Å². The molecule has 1 aliphatic rings. The lowest BCUT2D eigenvalue weighted by Crippen LogP contribution is -2.43. The summed E-state index contributed by atoms with van der Waals surface area (Å²) < 4.78 is 0. The van der Waals surface area contributed by atoms with Crippen molar-refractivity contribution in [1.29, 1.82) is 10.5 Å². The average molecular weight is 660 g/mol. The Morgan fingerprint density at radius 3 is 2.33 bits per heavy atom. The normalized spacial score (nSPS) is 18.1. The zero-order valence-electron chi connectivity index (χ0n) is 29.7. The Morgan fingerprint density at radius 2 is 1.88 bits per heavy atom. The van der Waals surface area contributed by atoms with Gasteiger partial charge in [0, 0.05) is 37.0 Å².